The molecule has 3 nitrogen and oxygen atoms in total. The average molecular weight is 272 g/mol. The van der Waals surface area contributed by atoms with Gasteiger partial charge in [0.05, 0.1) is 6.26 Å². The van der Waals surface area contributed by atoms with E-state index in [2.05, 4.69) is 13.5 Å². The predicted molar refractivity (Wildman–Crippen MR) is 74.0 cm³/mol. The molecule has 0 amide bonds. The van der Waals surface area contributed by atoms with E-state index in [0.717, 1.165) is 23.3 Å². The Bertz CT molecular complexity index is 626. The lowest BCUT2D eigenvalue weighted by atomic mass is 9.64. The number of esters is 1. The molecule has 1 aromatic rings. The number of fused-ring (bicyclic) bond motifs is 4. The second kappa shape index (κ2) is 3.57. The smallest absolute Gasteiger partial charge is 0.303 e. The average Bonchev–Trinajstić information content (AvgIpc) is 3.03. The molecule has 0 aliphatic heterocycles. The van der Waals surface area contributed by atoms with Gasteiger partial charge in [-0.05, 0) is 36.2 Å². The van der Waals surface area contributed by atoms with Crippen molar-refractivity contribution in [2.24, 2.45) is 23.2 Å². The highest BCUT2D eigenvalue weighted by Gasteiger charge is 2.67. The molecule has 0 saturated heterocycles. The van der Waals surface area contributed by atoms with Crippen LogP contribution < -0.4 is 0 Å². The minimum atomic E-state index is -0.223. The largest absolute Gasteiger partial charge is 0.469 e. The molecule has 20 heavy (non-hydrogen) atoms. The zero-order valence-corrected chi connectivity index (χ0v) is 12.2. The van der Waals surface area contributed by atoms with E-state index in [1.54, 1.807) is 6.26 Å². The number of hydrogen-bond acceptors (Lipinski definition) is 3. The summed E-state index contributed by atoms with van der Waals surface area (Å²) in [6.07, 6.45) is 3.77. The Morgan fingerprint density at radius 1 is 1.55 bits per heavy atom. The van der Waals surface area contributed by atoms with Gasteiger partial charge in [0.1, 0.15) is 11.9 Å². The first-order valence-corrected chi connectivity index (χ1v) is 7.36. The van der Waals surface area contributed by atoms with E-state index >= 15 is 0 Å². The Hall–Kier alpha value is -1.51. The number of rotatable bonds is 1. The van der Waals surface area contributed by atoms with Gasteiger partial charge in [-0.15, -0.1) is 0 Å². The summed E-state index contributed by atoms with van der Waals surface area (Å²) in [6.45, 7) is 10.2. The normalized spacial score (nSPS) is 40.9. The molecule has 0 N–H and O–H groups in total. The molecule has 106 valence electrons. The molecule has 2 saturated carbocycles. The van der Waals surface area contributed by atoms with Crippen LogP contribution in [0, 0.1) is 30.1 Å². The monoisotopic (exact) mass is 272 g/mol. The van der Waals surface area contributed by atoms with E-state index in [0.29, 0.717) is 11.8 Å². The van der Waals surface area contributed by atoms with Crippen LogP contribution in [0.3, 0.4) is 0 Å². The number of hydrogen-bond donors (Lipinski definition) is 0. The molecular weight excluding hydrogens is 252 g/mol. The SMILES string of the molecule is C=C1[C@H]2C[C@H]2[C@@]2(C)Cc3occ(C)c3[C@@H](OC(C)=O)[C@H]12. The standard InChI is InChI=1S/C17H20O3/c1-8-7-19-13-6-17(4)12-5-11(12)9(2)15(17)16(14(8)13)20-10(3)18/h7,11-12,15-16H,2,5-6H2,1,3-4H3/t11-,12-,15+,16-,17-/m1/s1. The van der Waals surface area contributed by atoms with Gasteiger partial charge in [-0.25, -0.2) is 0 Å². The molecule has 3 heteroatoms. The van der Waals surface area contributed by atoms with Crippen LogP contribution >= 0.6 is 0 Å². The number of carbonyl (C=O) groups is 1. The van der Waals surface area contributed by atoms with Gasteiger partial charge in [0.2, 0.25) is 0 Å². The van der Waals surface area contributed by atoms with Gasteiger partial charge in [-0.1, -0.05) is 19.1 Å². The van der Waals surface area contributed by atoms with Crippen LogP contribution in [-0.2, 0) is 16.0 Å². The highest BCUT2D eigenvalue weighted by molar-refractivity contribution is 5.67. The molecule has 5 atom stereocenters. The number of carbonyl (C=O) groups excluding carboxylic acids is 1. The predicted octanol–water partition coefficient (Wildman–Crippen LogP) is 3.58. The summed E-state index contributed by atoms with van der Waals surface area (Å²) >= 11 is 0. The summed E-state index contributed by atoms with van der Waals surface area (Å²) in [5.41, 5.74) is 3.60. The summed E-state index contributed by atoms with van der Waals surface area (Å²) in [7, 11) is 0. The first-order chi connectivity index (χ1) is 9.43. The highest BCUT2D eigenvalue weighted by atomic mass is 16.5. The molecule has 0 spiro atoms. The number of ether oxygens (including phenoxy) is 1. The van der Waals surface area contributed by atoms with E-state index < -0.39 is 0 Å². The van der Waals surface area contributed by atoms with Crippen LogP contribution in [0.5, 0.6) is 0 Å². The van der Waals surface area contributed by atoms with Crippen molar-refractivity contribution in [2.45, 2.75) is 39.7 Å². The van der Waals surface area contributed by atoms with Crippen molar-refractivity contribution in [1.29, 1.82) is 0 Å². The third-order valence-electron chi connectivity index (χ3n) is 5.75. The molecule has 4 rings (SSSR count). The van der Waals surface area contributed by atoms with Crippen molar-refractivity contribution in [2.75, 3.05) is 0 Å². The van der Waals surface area contributed by atoms with Crippen LogP contribution in [0.4, 0.5) is 0 Å². The van der Waals surface area contributed by atoms with Crippen molar-refractivity contribution < 1.29 is 13.9 Å². The van der Waals surface area contributed by atoms with E-state index in [1.807, 2.05) is 6.92 Å². The van der Waals surface area contributed by atoms with Crippen molar-refractivity contribution in [3.8, 4) is 0 Å². The van der Waals surface area contributed by atoms with Gasteiger partial charge < -0.3 is 9.15 Å². The van der Waals surface area contributed by atoms with Gasteiger partial charge in [-0.2, -0.15) is 0 Å². The fourth-order valence-corrected chi connectivity index (χ4v) is 4.84. The minimum absolute atomic E-state index is 0.138. The molecule has 1 heterocycles. The third kappa shape index (κ3) is 1.33. The molecule has 0 radical (unpaired) electrons. The van der Waals surface area contributed by atoms with Gasteiger partial charge >= 0.3 is 5.97 Å². The quantitative estimate of drug-likeness (QED) is 0.579. The lowest BCUT2D eigenvalue weighted by Crippen LogP contribution is -2.39. The lowest BCUT2D eigenvalue weighted by molar-refractivity contribution is -0.152. The van der Waals surface area contributed by atoms with Crippen molar-refractivity contribution in [3.63, 3.8) is 0 Å². The number of aryl methyl sites for hydroxylation is 1. The summed E-state index contributed by atoms with van der Waals surface area (Å²) in [5.74, 6) is 2.36. The van der Waals surface area contributed by atoms with Crippen molar-refractivity contribution in [3.05, 3.63) is 35.3 Å². The summed E-state index contributed by atoms with van der Waals surface area (Å²) in [5, 5.41) is 0. The Labute approximate surface area is 119 Å². The zero-order valence-electron chi connectivity index (χ0n) is 12.2. The Morgan fingerprint density at radius 2 is 2.30 bits per heavy atom. The topological polar surface area (TPSA) is 39.4 Å². The van der Waals surface area contributed by atoms with E-state index in [1.165, 1.54) is 18.9 Å². The Kier molecular flexibility index (Phi) is 2.19. The zero-order chi connectivity index (χ0) is 14.2. The fraction of sp³-hybridized carbons (Fsp3) is 0.588. The van der Waals surface area contributed by atoms with E-state index in [-0.39, 0.29) is 23.4 Å². The van der Waals surface area contributed by atoms with E-state index in [9.17, 15) is 4.79 Å². The molecule has 1 aromatic heterocycles. The molecule has 3 aliphatic carbocycles. The second-order valence-corrected chi connectivity index (χ2v) is 6.97. The van der Waals surface area contributed by atoms with Crippen molar-refractivity contribution in [1.82, 2.24) is 0 Å². The third-order valence-corrected chi connectivity index (χ3v) is 5.75. The maximum absolute atomic E-state index is 11.6. The lowest BCUT2D eigenvalue weighted by Gasteiger charge is -2.43. The Balaban J connectivity index is 1.86. The van der Waals surface area contributed by atoms with Crippen LogP contribution in [0.1, 0.15) is 43.3 Å². The van der Waals surface area contributed by atoms with Crippen LogP contribution in [0.2, 0.25) is 0 Å². The van der Waals surface area contributed by atoms with Gasteiger partial charge in [0.25, 0.3) is 0 Å². The first kappa shape index (κ1) is 12.2. The first-order valence-electron chi connectivity index (χ1n) is 7.36. The number of furan rings is 1. The molecule has 0 bridgehead atoms. The molecule has 2 fully saturated rings. The molecule has 0 aromatic carbocycles. The minimum Gasteiger partial charge on any atom is -0.469 e. The summed E-state index contributed by atoms with van der Waals surface area (Å²) < 4.78 is 11.5. The summed E-state index contributed by atoms with van der Waals surface area (Å²) in [4.78, 5) is 11.6. The van der Waals surface area contributed by atoms with Crippen molar-refractivity contribution >= 4 is 5.97 Å². The maximum Gasteiger partial charge on any atom is 0.303 e. The van der Waals surface area contributed by atoms with Crippen LogP contribution in [0.25, 0.3) is 0 Å². The summed E-state index contributed by atoms with van der Waals surface area (Å²) in [6, 6.07) is 0. The molecule has 3 aliphatic rings. The van der Waals surface area contributed by atoms with E-state index in [4.69, 9.17) is 9.15 Å². The van der Waals surface area contributed by atoms with Crippen LogP contribution in [-0.4, -0.2) is 5.97 Å². The van der Waals surface area contributed by atoms with Crippen LogP contribution in [0.15, 0.2) is 22.8 Å². The molecule has 0 unspecified atom stereocenters. The second-order valence-electron chi connectivity index (χ2n) is 6.97. The molecular formula is C17H20O3. The maximum atomic E-state index is 11.6. The van der Waals surface area contributed by atoms with Gasteiger partial charge in [-0.3, -0.25) is 4.79 Å². The fourth-order valence-electron chi connectivity index (χ4n) is 4.84. The van der Waals surface area contributed by atoms with Gasteiger partial charge in [0.15, 0.2) is 0 Å². The highest BCUT2D eigenvalue weighted by Crippen LogP contribution is 2.72. The Morgan fingerprint density at radius 3 is 3.00 bits per heavy atom. The van der Waals surface area contributed by atoms with Gasteiger partial charge in [0, 0.05) is 24.8 Å².